The van der Waals surface area contributed by atoms with Crippen molar-refractivity contribution in [3.05, 3.63) is 70.7 Å². The van der Waals surface area contributed by atoms with E-state index in [0.717, 1.165) is 27.2 Å². The summed E-state index contributed by atoms with van der Waals surface area (Å²) in [5.41, 5.74) is 12.3. The molecule has 4 aromatic rings. The van der Waals surface area contributed by atoms with E-state index in [1.807, 2.05) is 62.4 Å². The summed E-state index contributed by atoms with van der Waals surface area (Å²) in [6.07, 6.45) is -0.476. The van der Waals surface area contributed by atoms with Crippen LogP contribution in [0.3, 0.4) is 0 Å². The third-order valence-electron chi connectivity index (χ3n) is 5.27. The molecule has 5 N–H and O–H groups in total. The lowest BCUT2D eigenvalue weighted by atomic mass is 10.1. The van der Waals surface area contributed by atoms with Gasteiger partial charge < -0.3 is 26.4 Å². The predicted molar refractivity (Wildman–Crippen MR) is 136 cm³/mol. The van der Waals surface area contributed by atoms with E-state index >= 15 is 0 Å². The van der Waals surface area contributed by atoms with Gasteiger partial charge in [-0.3, -0.25) is 0 Å². The quantitative estimate of drug-likeness (QED) is 0.263. The second-order valence-electron chi connectivity index (χ2n) is 7.87. The van der Waals surface area contributed by atoms with Crippen LogP contribution in [0.2, 0.25) is 0 Å². The number of nitrogen functional groups attached to an aromatic ring is 1. The fraction of sp³-hybridized carbons (Fsp3) is 0.250. The molecule has 4 rings (SSSR count). The van der Waals surface area contributed by atoms with Crippen LogP contribution in [-0.4, -0.2) is 33.6 Å². The Morgan fingerprint density at radius 1 is 1.15 bits per heavy atom. The number of carbonyl (C=O) groups is 1. The molecule has 0 aliphatic carbocycles. The first kappa shape index (κ1) is 23.2. The second kappa shape index (κ2) is 10.8. The number of rotatable bonds is 9. The molecule has 0 aliphatic heterocycles. The first-order valence-electron chi connectivity index (χ1n) is 10.9. The number of nitrogens with zero attached hydrogens (tertiary/aromatic N) is 3. The van der Waals surface area contributed by atoms with Crippen molar-refractivity contribution in [3.63, 3.8) is 0 Å². The standard InChI is InChI=1S/C24H27N7O2S/c1-15(11-27-24(32)33-13-17-7-4-3-5-8-17)29-23-30-21(20-22(31-23)34-14-28-20)26-12-18-9-6-10-19(25)16(18)2/h3-10,14-15H,11-13,25H2,1-2H3,(H,27,32)(H2,26,29,30,31)/t15-/m0/s1. The molecule has 0 saturated heterocycles. The van der Waals surface area contributed by atoms with Crippen LogP contribution in [0.1, 0.15) is 23.6 Å². The van der Waals surface area contributed by atoms with Crippen LogP contribution in [0.5, 0.6) is 0 Å². The highest BCUT2D eigenvalue weighted by Crippen LogP contribution is 2.25. The lowest BCUT2D eigenvalue weighted by molar-refractivity contribution is 0.139. The number of alkyl carbamates (subject to hydrolysis) is 1. The third kappa shape index (κ3) is 5.90. The first-order valence-corrected chi connectivity index (χ1v) is 11.8. The van der Waals surface area contributed by atoms with Gasteiger partial charge in [0.05, 0.1) is 5.51 Å². The van der Waals surface area contributed by atoms with Gasteiger partial charge in [-0.2, -0.15) is 4.98 Å². The van der Waals surface area contributed by atoms with Crippen molar-refractivity contribution in [1.29, 1.82) is 0 Å². The molecule has 0 aliphatic rings. The van der Waals surface area contributed by atoms with Crippen molar-refractivity contribution in [2.45, 2.75) is 33.0 Å². The molecule has 0 radical (unpaired) electrons. The number of anilines is 3. The zero-order chi connectivity index (χ0) is 23.9. The zero-order valence-corrected chi connectivity index (χ0v) is 19.9. The maximum atomic E-state index is 12.0. The minimum absolute atomic E-state index is 0.126. The molecule has 2 heterocycles. The smallest absolute Gasteiger partial charge is 0.407 e. The Hall–Kier alpha value is -3.92. The minimum Gasteiger partial charge on any atom is -0.445 e. The van der Waals surface area contributed by atoms with E-state index < -0.39 is 6.09 Å². The van der Waals surface area contributed by atoms with Gasteiger partial charge in [0.25, 0.3) is 0 Å². The van der Waals surface area contributed by atoms with Gasteiger partial charge in [-0.1, -0.05) is 42.5 Å². The molecular weight excluding hydrogens is 450 g/mol. The molecule has 0 bridgehead atoms. The normalized spacial score (nSPS) is 11.7. The molecule has 0 unspecified atom stereocenters. The Bertz CT molecular complexity index is 1260. The Morgan fingerprint density at radius 3 is 2.79 bits per heavy atom. The fourth-order valence-corrected chi connectivity index (χ4v) is 3.96. The first-order chi connectivity index (χ1) is 16.5. The van der Waals surface area contributed by atoms with E-state index in [9.17, 15) is 4.79 Å². The largest absolute Gasteiger partial charge is 0.445 e. The summed E-state index contributed by atoms with van der Waals surface area (Å²) in [6.45, 7) is 5.06. The molecule has 0 saturated carbocycles. The van der Waals surface area contributed by atoms with Crippen LogP contribution >= 0.6 is 11.3 Å². The number of fused-ring (bicyclic) bond motifs is 1. The Balaban J connectivity index is 1.35. The van der Waals surface area contributed by atoms with Crippen LogP contribution in [-0.2, 0) is 17.9 Å². The number of carbonyl (C=O) groups excluding carboxylic acids is 1. The van der Waals surface area contributed by atoms with E-state index in [1.54, 1.807) is 5.51 Å². The highest BCUT2D eigenvalue weighted by Gasteiger charge is 2.14. The lowest BCUT2D eigenvalue weighted by Crippen LogP contribution is -2.35. The van der Waals surface area contributed by atoms with E-state index in [1.165, 1.54) is 11.3 Å². The monoisotopic (exact) mass is 477 g/mol. The van der Waals surface area contributed by atoms with Crippen molar-refractivity contribution < 1.29 is 9.53 Å². The summed E-state index contributed by atoms with van der Waals surface area (Å²) in [4.78, 5) is 26.4. The van der Waals surface area contributed by atoms with Crippen molar-refractivity contribution in [2.24, 2.45) is 0 Å². The Morgan fingerprint density at radius 2 is 1.97 bits per heavy atom. The molecule has 0 fully saturated rings. The number of thiazole rings is 1. The van der Waals surface area contributed by atoms with Crippen LogP contribution < -0.4 is 21.7 Å². The molecule has 9 nitrogen and oxygen atoms in total. The van der Waals surface area contributed by atoms with Gasteiger partial charge in [0, 0.05) is 24.8 Å². The second-order valence-corrected chi connectivity index (χ2v) is 8.71. The number of hydrogen-bond donors (Lipinski definition) is 4. The number of nitrogens with one attached hydrogen (secondary N) is 3. The molecule has 34 heavy (non-hydrogen) atoms. The molecule has 0 spiro atoms. The molecule has 2 aromatic heterocycles. The number of ether oxygens (including phenoxy) is 1. The number of benzene rings is 2. The summed E-state index contributed by atoms with van der Waals surface area (Å²) in [6, 6.07) is 15.3. The van der Waals surface area contributed by atoms with Crippen LogP contribution in [0.4, 0.5) is 22.2 Å². The van der Waals surface area contributed by atoms with Gasteiger partial charge in [0.2, 0.25) is 5.95 Å². The van der Waals surface area contributed by atoms with Gasteiger partial charge in [0.15, 0.2) is 10.6 Å². The van der Waals surface area contributed by atoms with E-state index in [4.69, 9.17) is 10.5 Å². The van der Waals surface area contributed by atoms with Crippen LogP contribution in [0, 0.1) is 6.92 Å². The topological polar surface area (TPSA) is 127 Å². The fourth-order valence-electron chi connectivity index (χ4n) is 3.31. The van der Waals surface area contributed by atoms with E-state index in [2.05, 4.69) is 30.9 Å². The molecule has 2 aromatic carbocycles. The molecule has 1 atom stereocenters. The number of hydrogen-bond acceptors (Lipinski definition) is 9. The number of aromatic nitrogens is 3. The average Bonchev–Trinajstić information content (AvgIpc) is 3.32. The Labute approximate surface area is 201 Å². The highest BCUT2D eigenvalue weighted by atomic mass is 32.1. The van der Waals surface area contributed by atoms with Gasteiger partial charge >= 0.3 is 6.09 Å². The molecule has 1 amide bonds. The van der Waals surface area contributed by atoms with Crippen molar-refractivity contribution >= 4 is 45.2 Å². The lowest BCUT2D eigenvalue weighted by Gasteiger charge is -2.16. The minimum atomic E-state index is -0.476. The summed E-state index contributed by atoms with van der Waals surface area (Å²) in [5, 5.41) is 9.36. The predicted octanol–water partition coefficient (Wildman–Crippen LogP) is 4.32. The number of amides is 1. The molecule has 10 heteroatoms. The average molecular weight is 478 g/mol. The third-order valence-corrected chi connectivity index (χ3v) is 5.99. The van der Waals surface area contributed by atoms with Crippen molar-refractivity contribution in [1.82, 2.24) is 20.3 Å². The van der Waals surface area contributed by atoms with Crippen LogP contribution in [0.15, 0.2) is 54.0 Å². The van der Waals surface area contributed by atoms with Gasteiger partial charge in [0.1, 0.15) is 12.1 Å². The molecule has 176 valence electrons. The van der Waals surface area contributed by atoms with Crippen molar-refractivity contribution in [2.75, 3.05) is 22.9 Å². The van der Waals surface area contributed by atoms with E-state index in [-0.39, 0.29) is 12.6 Å². The maximum Gasteiger partial charge on any atom is 0.407 e. The van der Waals surface area contributed by atoms with Gasteiger partial charge in [-0.15, -0.1) is 11.3 Å². The zero-order valence-electron chi connectivity index (χ0n) is 19.0. The summed E-state index contributed by atoms with van der Waals surface area (Å²) >= 11 is 1.44. The van der Waals surface area contributed by atoms with Gasteiger partial charge in [-0.05, 0) is 36.6 Å². The summed E-state index contributed by atoms with van der Waals surface area (Å²) in [7, 11) is 0. The highest BCUT2D eigenvalue weighted by molar-refractivity contribution is 7.16. The summed E-state index contributed by atoms with van der Waals surface area (Å²) < 4.78 is 5.25. The van der Waals surface area contributed by atoms with Gasteiger partial charge in [-0.25, -0.2) is 14.8 Å². The molecular formula is C24H27N7O2S. The van der Waals surface area contributed by atoms with E-state index in [0.29, 0.717) is 30.4 Å². The van der Waals surface area contributed by atoms with Crippen molar-refractivity contribution in [3.8, 4) is 0 Å². The number of nitrogens with two attached hydrogens (primary N) is 1. The SMILES string of the molecule is Cc1c(N)cccc1CNc1nc(N[C@@H](C)CNC(=O)OCc2ccccc2)nc2scnc12. The maximum absolute atomic E-state index is 12.0. The Kier molecular flexibility index (Phi) is 7.38. The van der Waals surface area contributed by atoms with Crippen LogP contribution in [0.25, 0.3) is 10.3 Å². The summed E-state index contributed by atoms with van der Waals surface area (Å²) in [5.74, 6) is 1.09.